The second kappa shape index (κ2) is 8.67. The number of carbonyl (C=O) groups excluding carboxylic acids is 1. The molecular formula is C28H35NO2. The maximum Gasteiger partial charge on any atom is 0.156 e. The highest BCUT2D eigenvalue weighted by molar-refractivity contribution is 5.93. The molecule has 0 saturated heterocycles. The summed E-state index contributed by atoms with van der Waals surface area (Å²) in [6.07, 6.45) is 13.2. The van der Waals surface area contributed by atoms with E-state index in [0.29, 0.717) is 30.0 Å². The number of nitrogens with one attached hydrogen (secondary N) is 1. The van der Waals surface area contributed by atoms with E-state index in [2.05, 4.69) is 48.8 Å². The first kappa shape index (κ1) is 21.9. The van der Waals surface area contributed by atoms with Gasteiger partial charge in [0.05, 0.1) is 6.10 Å². The number of allylic oxidation sites excluding steroid dienone is 4. The summed E-state index contributed by atoms with van der Waals surface area (Å²) in [5, 5.41) is 14.1. The van der Waals surface area contributed by atoms with Crippen molar-refractivity contribution in [2.75, 3.05) is 12.4 Å². The quantitative estimate of drug-likeness (QED) is 0.613. The van der Waals surface area contributed by atoms with E-state index in [1.165, 1.54) is 16.7 Å². The predicted octanol–water partition coefficient (Wildman–Crippen LogP) is 5.63. The van der Waals surface area contributed by atoms with Gasteiger partial charge < -0.3 is 10.4 Å². The molecule has 2 fully saturated rings. The molecule has 0 radical (unpaired) electrons. The van der Waals surface area contributed by atoms with Crippen LogP contribution in [-0.2, 0) is 4.79 Å². The van der Waals surface area contributed by atoms with Gasteiger partial charge in [0.25, 0.3) is 0 Å². The van der Waals surface area contributed by atoms with Crippen LogP contribution in [0, 0.1) is 29.6 Å². The Labute approximate surface area is 187 Å². The fourth-order valence-electron chi connectivity index (χ4n) is 6.81. The Morgan fingerprint density at radius 3 is 2.52 bits per heavy atom. The zero-order valence-corrected chi connectivity index (χ0v) is 19.1. The number of anilines is 1. The maximum atomic E-state index is 12.0. The van der Waals surface area contributed by atoms with Crippen molar-refractivity contribution in [1.29, 1.82) is 0 Å². The molecule has 164 valence electrons. The molecule has 1 aromatic carbocycles. The third kappa shape index (κ3) is 3.76. The van der Waals surface area contributed by atoms with Crippen LogP contribution in [0.5, 0.6) is 0 Å². The number of hydrogen-bond acceptors (Lipinski definition) is 3. The van der Waals surface area contributed by atoms with Crippen LogP contribution in [0.3, 0.4) is 0 Å². The molecule has 0 aliphatic heterocycles. The minimum Gasteiger partial charge on any atom is -0.393 e. The molecule has 0 aromatic heterocycles. The fraction of sp³-hybridized carbons (Fsp3) is 0.536. The van der Waals surface area contributed by atoms with E-state index in [1.54, 1.807) is 12.5 Å². The van der Waals surface area contributed by atoms with Crippen LogP contribution in [0.1, 0.15) is 70.3 Å². The first-order chi connectivity index (χ1) is 14.9. The number of rotatable bonds is 2. The number of benzene rings is 1. The lowest BCUT2D eigenvalue weighted by atomic mass is 9.53. The molecule has 2 saturated carbocycles. The van der Waals surface area contributed by atoms with Crippen molar-refractivity contribution in [3.8, 4) is 12.3 Å². The Kier molecular flexibility index (Phi) is 6.13. The molecule has 4 aliphatic carbocycles. The zero-order valence-electron chi connectivity index (χ0n) is 19.1. The molecule has 5 unspecified atom stereocenters. The van der Waals surface area contributed by atoms with Gasteiger partial charge in [-0.25, -0.2) is 0 Å². The number of fused-ring (bicyclic) bond motifs is 4. The van der Waals surface area contributed by atoms with Gasteiger partial charge in [-0.2, -0.15) is 0 Å². The number of terminal acetylenes is 1. The first-order valence-electron chi connectivity index (χ1n) is 11.7. The Morgan fingerprint density at radius 1 is 1.13 bits per heavy atom. The summed E-state index contributed by atoms with van der Waals surface area (Å²) in [6, 6.07) is 8.86. The highest BCUT2D eigenvalue weighted by Crippen LogP contribution is 2.63. The van der Waals surface area contributed by atoms with Gasteiger partial charge in [0, 0.05) is 25.1 Å². The number of carbonyl (C=O) groups is 1. The molecular weight excluding hydrogens is 382 g/mol. The lowest BCUT2D eigenvalue weighted by molar-refractivity contribution is -0.114. The number of ketones is 1. The third-order valence-corrected chi connectivity index (χ3v) is 8.28. The van der Waals surface area contributed by atoms with Crippen LogP contribution in [0.25, 0.3) is 0 Å². The average molecular weight is 418 g/mol. The average Bonchev–Trinajstić information content (AvgIpc) is 3.07. The van der Waals surface area contributed by atoms with Crippen LogP contribution in [0.4, 0.5) is 5.69 Å². The highest BCUT2D eigenvalue weighted by Gasteiger charge is 2.56. The topological polar surface area (TPSA) is 49.3 Å². The molecule has 0 amide bonds. The summed E-state index contributed by atoms with van der Waals surface area (Å²) in [5.74, 6) is 4.05. The number of aliphatic hydroxyl groups is 1. The van der Waals surface area contributed by atoms with E-state index in [0.717, 1.165) is 44.2 Å². The van der Waals surface area contributed by atoms with E-state index in [4.69, 9.17) is 0 Å². The van der Waals surface area contributed by atoms with Crippen LogP contribution in [0.15, 0.2) is 47.1 Å². The third-order valence-electron chi connectivity index (χ3n) is 8.28. The van der Waals surface area contributed by atoms with Crippen molar-refractivity contribution in [2.24, 2.45) is 17.3 Å². The Morgan fingerprint density at radius 2 is 1.84 bits per heavy atom. The van der Waals surface area contributed by atoms with Gasteiger partial charge in [-0.15, -0.1) is 12.3 Å². The molecule has 4 aliphatic rings. The van der Waals surface area contributed by atoms with Crippen LogP contribution in [0.2, 0.25) is 0 Å². The first-order valence-corrected chi connectivity index (χ1v) is 11.7. The van der Waals surface area contributed by atoms with E-state index in [-0.39, 0.29) is 11.5 Å². The van der Waals surface area contributed by atoms with Gasteiger partial charge in [0.1, 0.15) is 0 Å². The minimum absolute atomic E-state index is 0.00672. The Balaban J connectivity index is 0.000000730. The molecule has 2 N–H and O–H groups in total. The van der Waals surface area contributed by atoms with Gasteiger partial charge in [-0.3, -0.25) is 4.79 Å². The lowest BCUT2D eigenvalue weighted by Gasteiger charge is -2.52. The van der Waals surface area contributed by atoms with E-state index >= 15 is 0 Å². The molecule has 0 heterocycles. The van der Waals surface area contributed by atoms with Gasteiger partial charge in [0.15, 0.2) is 5.78 Å². The normalized spacial score (nSPS) is 33.8. The van der Waals surface area contributed by atoms with Crippen LogP contribution >= 0.6 is 0 Å². The molecule has 5 rings (SSSR count). The van der Waals surface area contributed by atoms with Crippen molar-refractivity contribution in [3.63, 3.8) is 0 Å². The highest BCUT2D eigenvalue weighted by atomic mass is 16.3. The van der Waals surface area contributed by atoms with Gasteiger partial charge in [-0.05, 0) is 97.6 Å². The second-order valence-electron chi connectivity index (χ2n) is 9.84. The monoisotopic (exact) mass is 417 g/mol. The fourth-order valence-corrected chi connectivity index (χ4v) is 6.81. The van der Waals surface area contributed by atoms with Crippen LogP contribution < -0.4 is 5.32 Å². The number of hydrogen-bond donors (Lipinski definition) is 2. The lowest BCUT2D eigenvalue weighted by Crippen LogP contribution is -2.45. The zero-order chi connectivity index (χ0) is 22.2. The van der Waals surface area contributed by atoms with Crippen molar-refractivity contribution in [1.82, 2.24) is 0 Å². The maximum absolute atomic E-state index is 12.0. The molecule has 3 nitrogen and oxygen atoms in total. The van der Waals surface area contributed by atoms with Crippen molar-refractivity contribution >= 4 is 11.5 Å². The van der Waals surface area contributed by atoms with Crippen molar-refractivity contribution in [3.05, 3.63) is 52.6 Å². The molecule has 1 aromatic rings. The van der Waals surface area contributed by atoms with Crippen molar-refractivity contribution in [2.45, 2.75) is 70.8 Å². The minimum atomic E-state index is -0.187. The summed E-state index contributed by atoms with van der Waals surface area (Å²) in [6.45, 7) is 3.99. The smallest absolute Gasteiger partial charge is 0.156 e. The summed E-state index contributed by atoms with van der Waals surface area (Å²) < 4.78 is 0. The van der Waals surface area contributed by atoms with Gasteiger partial charge in [-0.1, -0.05) is 24.6 Å². The SMILES string of the molecule is C#CC.CNc1ccc(C2CC3(C)C(O)CCC3C3CCC4=CC(=O)CCC4=C23)cc1. The largest absolute Gasteiger partial charge is 0.393 e. The Bertz CT molecular complexity index is 948. The Hall–Kier alpha value is -2.31. The van der Waals surface area contributed by atoms with E-state index in [1.807, 2.05) is 13.1 Å². The van der Waals surface area contributed by atoms with Gasteiger partial charge in [0.2, 0.25) is 0 Å². The number of aliphatic hydroxyl groups excluding tert-OH is 1. The standard InChI is InChI=1S/C25H31NO2.C3H4/c1-25-14-21(15-3-6-17(26-2)7-4-15)24-19-10-8-18(27)13-16(19)5-9-20(24)22(25)11-12-23(25)28;1-3-2/h3-4,6-7,13,20-23,26,28H,5,8-12,14H2,1-2H3;1H,2H3. The summed E-state index contributed by atoms with van der Waals surface area (Å²) in [7, 11) is 1.95. The molecule has 0 bridgehead atoms. The predicted molar refractivity (Wildman–Crippen MR) is 127 cm³/mol. The molecule has 5 atom stereocenters. The second-order valence-corrected chi connectivity index (χ2v) is 9.84. The summed E-state index contributed by atoms with van der Waals surface area (Å²) in [5.41, 5.74) is 6.91. The molecule has 3 heteroatoms. The molecule has 0 spiro atoms. The van der Waals surface area contributed by atoms with Crippen molar-refractivity contribution < 1.29 is 9.90 Å². The van der Waals surface area contributed by atoms with E-state index < -0.39 is 0 Å². The summed E-state index contributed by atoms with van der Waals surface area (Å²) >= 11 is 0. The molecule has 31 heavy (non-hydrogen) atoms. The van der Waals surface area contributed by atoms with Crippen LogP contribution in [-0.4, -0.2) is 24.0 Å². The summed E-state index contributed by atoms with van der Waals surface area (Å²) in [4.78, 5) is 12.0. The van der Waals surface area contributed by atoms with E-state index in [9.17, 15) is 9.90 Å². The van der Waals surface area contributed by atoms with Gasteiger partial charge >= 0.3 is 0 Å².